The minimum absolute atomic E-state index is 0.487. The molecule has 0 atom stereocenters. The molecule has 14 heavy (non-hydrogen) atoms. The fourth-order valence-electron chi connectivity index (χ4n) is 1.05. The van der Waals surface area contributed by atoms with Crippen LogP contribution >= 0.6 is 27.5 Å². The Morgan fingerprint density at radius 2 is 2.29 bits per heavy atom. The summed E-state index contributed by atoms with van der Waals surface area (Å²) in [4.78, 5) is 10.3. The zero-order valence-corrected chi connectivity index (χ0v) is 9.60. The molecule has 1 rings (SSSR count). The Labute approximate surface area is 95.2 Å². The maximum atomic E-state index is 10.3. The van der Waals surface area contributed by atoms with Gasteiger partial charge in [-0.3, -0.25) is 5.32 Å². The third-order valence-electron chi connectivity index (χ3n) is 1.67. The molecule has 0 saturated heterocycles. The van der Waals surface area contributed by atoms with E-state index in [9.17, 15) is 4.79 Å². The van der Waals surface area contributed by atoms with Crippen molar-refractivity contribution in [1.29, 1.82) is 0 Å². The van der Waals surface area contributed by atoms with Gasteiger partial charge in [0, 0.05) is 16.0 Å². The summed E-state index contributed by atoms with van der Waals surface area (Å²) in [5.74, 6) is 0. The minimum Gasteiger partial charge on any atom is -0.465 e. The van der Waals surface area contributed by atoms with Gasteiger partial charge >= 0.3 is 6.09 Å². The number of halogens is 2. The van der Waals surface area contributed by atoms with Gasteiger partial charge in [-0.2, -0.15) is 0 Å². The van der Waals surface area contributed by atoms with E-state index in [0.29, 0.717) is 10.7 Å². The number of carboxylic acid groups (broad SMARTS) is 1. The first-order chi connectivity index (χ1) is 6.63. The van der Waals surface area contributed by atoms with Crippen LogP contribution in [-0.4, -0.2) is 16.5 Å². The Morgan fingerprint density at radius 1 is 1.57 bits per heavy atom. The van der Waals surface area contributed by atoms with Gasteiger partial charge < -0.3 is 5.11 Å². The molecule has 0 spiro atoms. The standard InChI is InChI=1S/C9H9BrClNO2/c10-4-3-6-1-2-7(5-8(6)11)12-9(13)14/h1-2,5,12H,3-4H2,(H,13,14). The molecular weight excluding hydrogens is 269 g/mol. The van der Waals surface area contributed by atoms with Crippen LogP contribution in [0, 0.1) is 0 Å². The molecule has 0 aromatic heterocycles. The van der Waals surface area contributed by atoms with Crippen molar-refractivity contribution in [3.8, 4) is 0 Å². The zero-order chi connectivity index (χ0) is 10.6. The molecule has 3 nitrogen and oxygen atoms in total. The van der Waals surface area contributed by atoms with Gasteiger partial charge in [-0.05, 0) is 24.1 Å². The van der Waals surface area contributed by atoms with Gasteiger partial charge in [-0.15, -0.1) is 0 Å². The molecule has 2 N–H and O–H groups in total. The number of benzene rings is 1. The third-order valence-corrected chi connectivity index (χ3v) is 2.42. The Kier molecular flexibility index (Phi) is 4.22. The molecule has 0 unspecified atom stereocenters. The molecule has 0 aliphatic carbocycles. The first kappa shape index (κ1) is 11.3. The van der Waals surface area contributed by atoms with Gasteiger partial charge in [0.05, 0.1) is 0 Å². The fraction of sp³-hybridized carbons (Fsp3) is 0.222. The lowest BCUT2D eigenvalue weighted by atomic mass is 10.1. The lowest BCUT2D eigenvalue weighted by Gasteiger charge is -2.05. The van der Waals surface area contributed by atoms with Crippen LogP contribution < -0.4 is 5.32 Å². The van der Waals surface area contributed by atoms with E-state index in [2.05, 4.69) is 21.2 Å². The van der Waals surface area contributed by atoms with E-state index in [-0.39, 0.29) is 0 Å². The van der Waals surface area contributed by atoms with Crippen molar-refractivity contribution in [3.63, 3.8) is 0 Å². The maximum absolute atomic E-state index is 10.3. The highest BCUT2D eigenvalue weighted by Crippen LogP contribution is 2.21. The Hall–Kier alpha value is -0.740. The van der Waals surface area contributed by atoms with Crippen LogP contribution in [0.1, 0.15) is 5.56 Å². The lowest BCUT2D eigenvalue weighted by Crippen LogP contribution is -2.07. The summed E-state index contributed by atoms with van der Waals surface area (Å²) in [6.07, 6.45) is -0.263. The second kappa shape index (κ2) is 5.22. The van der Waals surface area contributed by atoms with Crippen LogP contribution in [-0.2, 0) is 6.42 Å². The van der Waals surface area contributed by atoms with E-state index < -0.39 is 6.09 Å². The van der Waals surface area contributed by atoms with Gasteiger partial charge in [-0.1, -0.05) is 33.6 Å². The fourth-order valence-corrected chi connectivity index (χ4v) is 1.76. The van der Waals surface area contributed by atoms with Crippen LogP contribution in [0.25, 0.3) is 0 Å². The Balaban J connectivity index is 2.83. The number of amides is 1. The summed E-state index contributed by atoms with van der Waals surface area (Å²) >= 11 is 9.25. The number of alkyl halides is 1. The third kappa shape index (κ3) is 3.20. The highest BCUT2D eigenvalue weighted by atomic mass is 79.9. The van der Waals surface area contributed by atoms with Crippen molar-refractivity contribution < 1.29 is 9.90 Å². The molecular formula is C9H9BrClNO2. The zero-order valence-electron chi connectivity index (χ0n) is 7.26. The highest BCUT2D eigenvalue weighted by Gasteiger charge is 2.03. The van der Waals surface area contributed by atoms with Gasteiger partial charge in [0.25, 0.3) is 0 Å². The van der Waals surface area contributed by atoms with E-state index in [0.717, 1.165) is 17.3 Å². The van der Waals surface area contributed by atoms with Crippen LogP contribution in [0.3, 0.4) is 0 Å². The first-order valence-corrected chi connectivity index (χ1v) is 5.47. The van der Waals surface area contributed by atoms with Crippen LogP contribution in [0.5, 0.6) is 0 Å². The summed E-state index contributed by atoms with van der Waals surface area (Å²) in [6.45, 7) is 0. The second-order valence-corrected chi connectivity index (χ2v) is 3.88. The van der Waals surface area contributed by atoms with Crippen molar-refractivity contribution in [2.75, 3.05) is 10.6 Å². The van der Waals surface area contributed by atoms with Gasteiger partial charge in [0.15, 0.2) is 0 Å². The van der Waals surface area contributed by atoms with Gasteiger partial charge in [0.1, 0.15) is 0 Å². The summed E-state index contributed by atoms with van der Waals surface area (Å²) in [5.41, 5.74) is 1.49. The molecule has 1 aromatic carbocycles. The van der Waals surface area contributed by atoms with E-state index in [4.69, 9.17) is 16.7 Å². The molecule has 0 saturated carbocycles. The van der Waals surface area contributed by atoms with E-state index >= 15 is 0 Å². The van der Waals surface area contributed by atoms with Crippen molar-refractivity contribution in [3.05, 3.63) is 28.8 Å². The summed E-state index contributed by atoms with van der Waals surface area (Å²) < 4.78 is 0. The molecule has 5 heteroatoms. The number of anilines is 1. The molecule has 1 amide bonds. The van der Waals surface area contributed by atoms with Crippen LogP contribution in [0.2, 0.25) is 5.02 Å². The van der Waals surface area contributed by atoms with E-state index in [1.165, 1.54) is 0 Å². The van der Waals surface area contributed by atoms with Crippen molar-refractivity contribution >= 4 is 39.3 Å². The van der Waals surface area contributed by atoms with E-state index in [1.807, 2.05) is 6.07 Å². The second-order valence-electron chi connectivity index (χ2n) is 2.68. The number of aryl methyl sites for hydroxylation is 1. The normalized spacial score (nSPS) is 9.86. The average Bonchev–Trinajstić information content (AvgIpc) is 2.09. The van der Waals surface area contributed by atoms with Crippen LogP contribution in [0.4, 0.5) is 10.5 Å². The summed E-state index contributed by atoms with van der Waals surface area (Å²) in [5, 5.41) is 12.1. The van der Waals surface area contributed by atoms with Crippen molar-refractivity contribution in [2.24, 2.45) is 0 Å². The maximum Gasteiger partial charge on any atom is 0.409 e. The number of rotatable bonds is 3. The molecule has 0 bridgehead atoms. The van der Waals surface area contributed by atoms with Crippen molar-refractivity contribution in [1.82, 2.24) is 0 Å². The molecule has 0 aliphatic heterocycles. The summed E-state index contributed by atoms with van der Waals surface area (Å²) in [7, 11) is 0. The topological polar surface area (TPSA) is 49.3 Å². The first-order valence-electron chi connectivity index (χ1n) is 3.98. The Morgan fingerprint density at radius 3 is 2.79 bits per heavy atom. The lowest BCUT2D eigenvalue weighted by molar-refractivity contribution is 0.210. The molecule has 0 aliphatic rings. The monoisotopic (exact) mass is 277 g/mol. The molecule has 1 aromatic rings. The molecule has 0 fully saturated rings. The highest BCUT2D eigenvalue weighted by molar-refractivity contribution is 9.09. The minimum atomic E-state index is -1.09. The van der Waals surface area contributed by atoms with Gasteiger partial charge in [0.2, 0.25) is 0 Å². The van der Waals surface area contributed by atoms with Crippen LogP contribution in [0.15, 0.2) is 18.2 Å². The molecule has 76 valence electrons. The quantitative estimate of drug-likeness (QED) is 0.833. The smallest absolute Gasteiger partial charge is 0.409 e. The summed E-state index contributed by atoms with van der Waals surface area (Å²) in [6, 6.07) is 5.11. The number of hydrogen-bond donors (Lipinski definition) is 2. The SMILES string of the molecule is O=C(O)Nc1ccc(CCBr)c(Cl)c1. The van der Waals surface area contributed by atoms with Crippen molar-refractivity contribution in [2.45, 2.75) is 6.42 Å². The molecule has 0 radical (unpaired) electrons. The predicted molar refractivity (Wildman–Crippen MR) is 60.6 cm³/mol. The van der Waals surface area contributed by atoms with E-state index in [1.54, 1.807) is 12.1 Å². The number of nitrogens with one attached hydrogen (secondary N) is 1. The predicted octanol–water partition coefficient (Wildman–Crippen LogP) is 3.37. The Bertz CT molecular complexity index is 344. The largest absolute Gasteiger partial charge is 0.465 e. The van der Waals surface area contributed by atoms with Gasteiger partial charge in [-0.25, -0.2) is 4.79 Å². The number of carbonyl (C=O) groups is 1. The molecule has 0 heterocycles. The average molecular weight is 279 g/mol. The number of hydrogen-bond acceptors (Lipinski definition) is 1.